The summed E-state index contributed by atoms with van der Waals surface area (Å²) in [7, 11) is -0.954. The van der Waals surface area contributed by atoms with Crippen molar-refractivity contribution < 1.29 is 22.7 Å². The van der Waals surface area contributed by atoms with E-state index >= 15 is 0 Å². The van der Waals surface area contributed by atoms with Gasteiger partial charge in [-0.15, -0.1) is 0 Å². The smallest absolute Gasteiger partial charge is 0.243 e. The molecule has 1 atom stereocenters. The number of nitrogens with one attached hydrogen (secondary N) is 1. The van der Waals surface area contributed by atoms with E-state index in [9.17, 15) is 13.2 Å². The van der Waals surface area contributed by atoms with Gasteiger partial charge in [-0.1, -0.05) is 49.6 Å². The second-order valence-electron chi connectivity index (χ2n) is 8.06. The van der Waals surface area contributed by atoms with E-state index in [0.717, 1.165) is 37.7 Å². The van der Waals surface area contributed by atoms with Crippen molar-refractivity contribution in [2.24, 2.45) is 0 Å². The molecule has 32 heavy (non-hydrogen) atoms. The van der Waals surface area contributed by atoms with Crippen LogP contribution in [0.1, 0.15) is 50.6 Å². The fourth-order valence-corrected chi connectivity index (χ4v) is 5.80. The number of hydrogen-bond donors (Lipinski definition) is 1. The van der Waals surface area contributed by atoms with E-state index in [0.29, 0.717) is 11.5 Å². The molecule has 0 radical (unpaired) electrons. The minimum absolute atomic E-state index is 0.0876. The van der Waals surface area contributed by atoms with Crippen LogP contribution < -0.4 is 14.8 Å². The quantitative estimate of drug-likeness (QED) is 0.613. The zero-order valence-corrected chi connectivity index (χ0v) is 19.7. The first-order valence-corrected chi connectivity index (χ1v) is 12.4. The molecule has 7 nitrogen and oxygen atoms in total. The van der Waals surface area contributed by atoms with Crippen molar-refractivity contribution in [3.8, 4) is 11.5 Å². The van der Waals surface area contributed by atoms with Crippen LogP contribution in [-0.4, -0.2) is 45.4 Å². The summed E-state index contributed by atoms with van der Waals surface area (Å²) in [6, 6.07) is 13.7. The molecule has 2 aromatic carbocycles. The predicted molar refractivity (Wildman–Crippen MR) is 123 cm³/mol. The summed E-state index contributed by atoms with van der Waals surface area (Å²) in [6.07, 6.45) is 4.47. The topological polar surface area (TPSA) is 84.9 Å². The average molecular weight is 461 g/mol. The van der Waals surface area contributed by atoms with Crippen LogP contribution in [0.25, 0.3) is 0 Å². The number of rotatable bonds is 9. The molecule has 1 aliphatic carbocycles. The Morgan fingerprint density at radius 1 is 1.03 bits per heavy atom. The highest BCUT2D eigenvalue weighted by molar-refractivity contribution is 7.89. The number of carbonyl (C=O) groups excluding carboxylic acids is 1. The Kier molecular flexibility index (Phi) is 8.15. The molecular weight excluding hydrogens is 428 g/mol. The number of sulfonamides is 1. The van der Waals surface area contributed by atoms with Crippen molar-refractivity contribution in [1.82, 2.24) is 9.62 Å². The highest BCUT2D eigenvalue weighted by atomic mass is 32.2. The molecule has 174 valence electrons. The van der Waals surface area contributed by atoms with Crippen molar-refractivity contribution in [1.29, 1.82) is 0 Å². The van der Waals surface area contributed by atoms with Crippen molar-refractivity contribution in [2.75, 3.05) is 20.8 Å². The van der Waals surface area contributed by atoms with Gasteiger partial charge in [0.1, 0.15) is 0 Å². The second kappa shape index (κ2) is 10.8. The molecule has 0 saturated heterocycles. The van der Waals surface area contributed by atoms with Gasteiger partial charge >= 0.3 is 0 Å². The maximum atomic E-state index is 13.6. The molecule has 2 aromatic rings. The third-order valence-electron chi connectivity index (χ3n) is 5.92. The molecule has 0 bridgehead atoms. The van der Waals surface area contributed by atoms with Gasteiger partial charge in [0.25, 0.3) is 0 Å². The number of hydrogen-bond acceptors (Lipinski definition) is 5. The second-order valence-corrected chi connectivity index (χ2v) is 9.95. The lowest BCUT2D eigenvalue weighted by Gasteiger charge is -2.33. The molecule has 1 amide bonds. The summed E-state index contributed by atoms with van der Waals surface area (Å²) in [5, 5.41) is 2.94. The van der Waals surface area contributed by atoms with E-state index in [-0.39, 0.29) is 29.4 Å². The zero-order chi connectivity index (χ0) is 23.1. The molecule has 1 saturated carbocycles. The van der Waals surface area contributed by atoms with Gasteiger partial charge in [0.15, 0.2) is 11.5 Å². The minimum Gasteiger partial charge on any atom is -0.493 e. The molecule has 0 spiro atoms. The maximum absolute atomic E-state index is 13.6. The first kappa shape index (κ1) is 24.1. The Labute approximate surface area is 190 Å². The van der Waals surface area contributed by atoms with E-state index in [1.807, 2.05) is 37.3 Å². The Balaban J connectivity index is 1.86. The maximum Gasteiger partial charge on any atom is 0.243 e. The third-order valence-corrected chi connectivity index (χ3v) is 7.81. The van der Waals surface area contributed by atoms with E-state index in [4.69, 9.17) is 9.47 Å². The lowest BCUT2D eigenvalue weighted by molar-refractivity contribution is -0.122. The third kappa shape index (κ3) is 5.61. The Morgan fingerprint density at radius 2 is 1.69 bits per heavy atom. The Morgan fingerprint density at radius 3 is 2.31 bits per heavy atom. The average Bonchev–Trinajstić information content (AvgIpc) is 2.83. The van der Waals surface area contributed by atoms with Crippen LogP contribution in [-0.2, 0) is 14.8 Å². The SMILES string of the molecule is COc1ccc(S(=O)(=O)N(CC(=O)N[C@H](C)c2ccccc2)C2CCCCC2)cc1OC. The molecular formula is C24H32N2O5S. The summed E-state index contributed by atoms with van der Waals surface area (Å²) >= 11 is 0. The summed E-state index contributed by atoms with van der Waals surface area (Å²) in [5.74, 6) is 0.459. The normalized spacial score (nSPS) is 15.9. The molecule has 0 aromatic heterocycles. The van der Waals surface area contributed by atoms with Crippen LogP contribution in [0.5, 0.6) is 11.5 Å². The number of benzene rings is 2. The van der Waals surface area contributed by atoms with Crippen LogP contribution in [0.2, 0.25) is 0 Å². The van der Waals surface area contributed by atoms with Crippen LogP contribution in [0.15, 0.2) is 53.4 Å². The molecule has 1 fully saturated rings. The lowest BCUT2D eigenvalue weighted by Crippen LogP contribution is -2.47. The summed E-state index contributed by atoms with van der Waals surface area (Å²) in [6.45, 7) is 1.67. The molecule has 0 aliphatic heterocycles. The molecule has 1 N–H and O–H groups in total. The van der Waals surface area contributed by atoms with Crippen LogP contribution in [0.4, 0.5) is 0 Å². The van der Waals surface area contributed by atoms with Gasteiger partial charge < -0.3 is 14.8 Å². The predicted octanol–water partition coefficient (Wildman–Crippen LogP) is 3.90. The van der Waals surface area contributed by atoms with Crippen molar-refractivity contribution >= 4 is 15.9 Å². The fourth-order valence-electron chi connectivity index (χ4n) is 4.15. The van der Waals surface area contributed by atoms with Gasteiger partial charge in [-0.05, 0) is 37.5 Å². The molecule has 0 heterocycles. The standard InChI is InChI=1S/C24H32N2O5S/c1-18(19-10-6-4-7-11-19)25-24(27)17-26(20-12-8-5-9-13-20)32(28,29)21-14-15-22(30-2)23(16-21)31-3/h4,6-7,10-11,14-16,18,20H,5,8-9,12-13,17H2,1-3H3,(H,25,27)/t18-/m1/s1. The first-order valence-electron chi connectivity index (χ1n) is 10.9. The number of carbonyl (C=O) groups is 1. The highest BCUT2D eigenvalue weighted by Gasteiger charge is 2.34. The monoisotopic (exact) mass is 460 g/mol. The van der Waals surface area contributed by atoms with E-state index in [2.05, 4.69) is 5.32 Å². The van der Waals surface area contributed by atoms with Gasteiger partial charge in [-0.2, -0.15) is 4.31 Å². The summed E-state index contributed by atoms with van der Waals surface area (Å²) in [4.78, 5) is 13.0. The number of ether oxygens (including phenoxy) is 2. The zero-order valence-electron chi connectivity index (χ0n) is 18.9. The van der Waals surface area contributed by atoms with Gasteiger partial charge in [0.05, 0.1) is 31.7 Å². The van der Waals surface area contributed by atoms with Crippen LogP contribution >= 0.6 is 0 Å². The summed E-state index contributed by atoms with van der Waals surface area (Å²) in [5.41, 5.74) is 0.966. The molecule has 0 unspecified atom stereocenters. The van der Waals surface area contributed by atoms with Gasteiger partial charge in [-0.25, -0.2) is 8.42 Å². The highest BCUT2D eigenvalue weighted by Crippen LogP contribution is 2.33. The van der Waals surface area contributed by atoms with Crippen molar-refractivity contribution in [3.05, 3.63) is 54.1 Å². The lowest BCUT2D eigenvalue weighted by atomic mass is 9.95. The molecule has 1 aliphatic rings. The van der Waals surface area contributed by atoms with Crippen molar-refractivity contribution in [2.45, 2.75) is 56.0 Å². The number of methoxy groups -OCH3 is 2. The van der Waals surface area contributed by atoms with Gasteiger partial charge in [0.2, 0.25) is 15.9 Å². The minimum atomic E-state index is -3.92. The van der Waals surface area contributed by atoms with Crippen molar-refractivity contribution in [3.63, 3.8) is 0 Å². The van der Waals surface area contributed by atoms with E-state index < -0.39 is 10.0 Å². The molecule has 8 heteroatoms. The molecule has 3 rings (SSSR count). The van der Waals surface area contributed by atoms with Crippen LogP contribution in [0.3, 0.4) is 0 Å². The Hall–Kier alpha value is -2.58. The number of nitrogens with zero attached hydrogens (tertiary/aromatic N) is 1. The Bertz CT molecular complexity index is 1000. The summed E-state index contributed by atoms with van der Waals surface area (Å²) < 4.78 is 39.2. The first-order chi connectivity index (χ1) is 15.4. The fraction of sp³-hybridized carbons (Fsp3) is 0.458. The largest absolute Gasteiger partial charge is 0.493 e. The van der Waals surface area contributed by atoms with Gasteiger partial charge in [-0.3, -0.25) is 4.79 Å². The van der Waals surface area contributed by atoms with Gasteiger partial charge in [0, 0.05) is 12.1 Å². The van der Waals surface area contributed by atoms with E-state index in [1.165, 1.54) is 30.7 Å². The van der Waals surface area contributed by atoms with E-state index in [1.54, 1.807) is 6.07 Å². The number of amides is 1. The van der Waals surface area contributed by atoms with Crippen LogP contribution in [0, 0.1) is 0 Å².